The standard InChI is InChI=1S/C11H14N2O3/c1-9(7-12-2)8-16-11-5-3-4-10(6-11)13(14)15/h3-6,12H,1,7-8H2,2H3. The number of ether oxygens (including phenoxy) is 1. The third-order valence-corrected chi connectivity index (χ3v) is 1.90. The van der Waals surface area contributed by atoms with Crippen molar-refractivity contribution in [3.05, 3.63) is 46.5 Å². The van der Waals surface area contributed by atoms with Crippen LogP contribution >= 0.6 is 0 Å². The predicted molar refractivity (Wildman–Crippen MR) is 61.7 cm³/mol. The quantitative estimate of drug-likeness (QED) is 0.452. The molecule has 0 atom stereocenters. The van der Waals surface area contributed by atoms with Crippen molar-refractivity contribution in [1.82, 2.24) is 5.32 Å². The van der Waals surface area contributed by atoms with Crippen molar-refractivity contribution in [3.8, 4) is 5.75 Å². The van der Waals surface area contributed by atoms with E-state index in [9.17, 15) is 10.1 Å². The van der Waals surface area contributed by atoms with Gasteiger partial charge in [0.2, 0.25) is 0 Å². The summed E-state index contributed by atoms with van der Waals surface area (Å²) < 4.78 is 5.37. The molecule has 0 saturated carbocycles. The lowest BCUT2D eigenvalue weighted by Gasteiger charge is -2.07. The molecular formula is C11H14N2O3. The first-order chi connectivity index (χ1) is 7.63. The van der Waals surface area contributed by atoms with Crippen LogP contribution in [-0.2, 0) is 0 Å². The number of benzene rings is 1. The second kappa shape index (κ2) is 5.87. The van der Waals surface area contributed by atoms with Crippen LogP contribution in [0, 0.1) is 10.1 Å². The molecule has 0 heterocycles. The van der Waals surface area contributed by atoms with Crippen molar-refractivity contribution in [2.24, 2.45) is 0 Å². The fourth-order valence-electron chi connectivity index (χ4n) is 1.17. The van der Waals surface area contributed by atoms with Crippen molar-refractivity contribution in [1.29, 1.82) is 0 Å². The van der Waals surface area contributed by atoms with Gasteiger partial charge in [-0.15, -0.1) is 0 Å². The summed E-state index contributed by atoms with van der Waals surface area (Å²) in [6, 6.07) is 6.09. The van der Waals surface area contributed by atoms with E-state index in [4.69, 9.17) is 4.74 Å². The van der Waals surface area contributed by atoms with Crippen LogP contribution in [0.5, 0.6) is 5.75 Å². The van der Waals surface area contributed by atoms with E-state index >= 15 is 0 Å². The zero-order valence-electron chi connectivity index (χ0n) is 9.10. The van der Waals surface area contributed by atoms with Crippen LogP contribution in [0.25, 0.3) is 0 Å². The Balaban J connectivity index is 2.57. The van der Waals surface area contributed by atoms with Gasteiger partial charge < -0.3 is 10.1 Å². The van der Waals surface area contributed by atoms with Crippen molar-refractivity contribution < 1.29 is 9.66 Å². The highest BCUT2D eigenvalue weighted by molar-refractivity contribution is 5.38. The predicted octanol–water partition coefficient (Wildman–Crippen LogP) is 1.75. The maximum absolute atomic E-state index is 10.5. The third kappa shape index (κ3) is 3.70. The molecule has 0 spiro atoms. The van der Waals surface area contributed by atoms with Gasteiger partial charge in [0.05, 0.1) is 11.0 Å². The molecule has 0 bridgehead atoms. The summed E-state index contributed by atoms with van der Waals surface area (Å²) >= 11 is 0. The molecule has 0 fully saturated rings. The summed E-state index contributed by atoms with van der Waals surface area (Å²) in [4.78, 5) is 10.1. The maximum atomic E-state index is 10.5. The number of nitro benzene ring substituents is 1. The molecule has 0 aliphatic heterocycles. The Morgan fingerprint density at radius 2 is 2.38 bits per heavy atom. The molecule has 0 amide bonds. The molecule has 0 aliphatic rings. The molecule has 0 radical (unpaired) electrons. The lowest BCUT2D eigenvalue weighted by atomic mass is 10.3. The first kappa shape index (κ1) is 12.2. The summed E-state index contributed by atoms with van der Waals surface area (Å²) in [6.07, 6.45) is 0. The van der Waals surface area contributed by atoms with E-state index in [0.717, 1.165) is 5.57 Å². The summed E-state index contributed by atoms with van der Waals surface area (Å²) in [5.74, 6) is 0.478. The van der Waals surface area contributed by atoms with E-state index in [1.54, 1.807) is 12.1 Å². The van der Waals surface area contributed by atoms with Gasteiger partial charge in [-0.25, -0.2) is 0 Å². The van der Waals surface area contributed by atoms with Gasteiger partial charge in [0.25, 0.3) is 5.69 Å². The molecule has 1 rings (SSSR count). The fraction of sp³-hybridized carbons (Fsp3) is 0.273. The highest BCUT2D eigenvalue weighted by Gasteiger charge is 2.06. The van der Waals surface area contributed by atoms with Crippen LogP contribution in [0.4, 0.5) is 5.69 Å². The van der Waals surface area contributed by atoms with E-state index in [-0.39, 0.29) is 5.69 Å². The number of nitrogens with zero attached hydrogens (tertiary/aromatic N) is 1. The van der Waals surface area contributed by atoms with E-state index in [2.05, 4.69) is 11.9 Å². The zero-order valence-corrected chi connectivity index (χ0v) is 9.10. The molecule has 86 valence electrons. The van der Waals surface area contributed by atoms with E-state index in [1.807, 2.05) is 7.05 Å². The first-order valence-electron chi connectivity index (χ1n) is 4.82. The number of hydrogen-bond acceptors (Lipinski definition) is 4. The van der Waals surface area contributed by atoms with Gasteiger partial charge >= 0.3 is 0 Å². The van der Waals surface area contributed by atoms with Crippen molar-refractivity contribution in [3.63, 3.8) is 0 Å². The molecule has 0 saturated heterocycles. The number of nitrogens with one attached hydrogen (secondary N) is 1. The summed E-state index contributed by atoms with van der Waals surface area (Å²) in [6.45, 7) is 4.81. The zero-order chi connectivity index (χ0) is 12.0. The molecule has 1 aromatic carbocycles. The van der Waals surface area contributed by atoms with Crippen LogP contribution in [-0.4, -0.2) is 25.1 Å². The first-order valence-corrected chi connectivity index (χ1v) is 4.82. The van der Waals surface area contributed by atoms with Gasteiger partial charge in [0.1, 0.15) is 12.4 Å². The monoisotopic (exact) mass is 222 g/mol. The molecule has 16 heavy (non-hydrogen) atoms. The van der Waals surface area contributed by atoms with Crippen LogP contribution in [0.3, 0.4) is 0 Å². The Labute approximate surface area is 93.9 Å². The van der Waals surface area contributed by atoms with E-state index in [1.165, 1.54) is 12.1 Å². The Morgan fingerprint density at radius 3 is 3.00 bits per heavy atom. The number of nitro groups is 1. The topological polar surface area (TPSA) is 64.4 Å². The number of likely N-dealkylation sites (N-methyl/N-ethyl adjacent to an activating group) is 1. The number of hydrogen-bond donors (Lipinski definition) is 1. The fourth-order valence-corrected chi connectivity index (χ4v) is 1.17. The van der Waals surface area contributed by atoms with Crippen molar-refractivity contribution in [2.45, 2.75) is 0 Å². The summed E-state index contributed by atoms with van der Waals surface area (Å²) in [7, 11) is 1.82. The Hall–Kier alpha value is -1.88. The highest BCUT2D eigenvalue weighted by Crippen LogP contribution is 2.19. The van der Waals surface area contributed by atoms with E-state index < -0.39 is 4.92 Å². The minimum atomic E-state index is -0.449. The van der Waals surface area contributed by atoms with Gasteiger partial charge in [-0.3, -0.25) is 10.1 Å². The average Bonchev–Trinajstić information content (AvgIpc) is 2.27. The molecule has 1 N–H and O–H groups in total. The van der Waals surface area contributed by atoms with Gasteiger partial charge in [-0.05, 0) is 18.7 Å². The lowest BCUT2D eigenvalue weighted by Crippen LogP contribution is -2.14. The maximum Gasteiger partial charge on any atom is 0.273 e. The normalized spacial score (nSPS) is 9.81. The van der Waals surface area contributed by atoms with Crippen molar-refractivity contribution in [2.75, 3.05) is 20.2 Å². The lowest BCUT2D eigenvalue weighted by molar-refractivity contribution is -0.384. The minimum absolute atomic E-state index is 0.0247. The summed E-state index contributed by atoms with van der Waals surface area (Å²) in [5.41, 5.74) is 0.908. The molecule has 0 aliphatic carbocycles. The van der Waals surface area contributed by atoms with Crippen molar-refractivity contribution >= 4 is 5.69 Å². The van der Waals surface area contributed by atoms with Crippen LogP contribution in [0.15, 0.2) is 36.4 Å². The smallest absolute Gasteiger partial charge is 0.273 e. The Bertz CT molecular complexity index is 391. The minimum Gasteiger partial charge on any atom is -0.489 e. The molecule has 1 aromatic rings. The molecule has 5 nitrogen and oxygen atoms in total. The Kier molecular flexibility index (Phi) is 4.47. The average molecular weight is 222 g/mol. The van der Waals surface area contributed by atoms with Crippen LogP contribution in [0.2, 0.25) is 0 Å². The highest BCUT2D eigenvalue weighted by atomic mass is 16.6. The summed E-state index contributed by atoms with van der Waals surface area (Å²) in [5, 5.41) is 13.5. The molecular weight excluding hydrogens is 208 g/mol. The Morgan fingerprint density at radius 1 is 1.62 bits per heavy atom. The second-order valence-electron chi connectivity index (χ2n) is 3.32. The molecule has 0 unspecified atom stereocenters. The molecule has 0 aromatic heterocycles. The third-order valence-electron chi connectivity index (χ3n) is 1.90. The van der Waals surface area contributed by atoms with Gasteiger partial charge in [-0.2, -0.15) is 0 Å². The molecule has 5 heteroatoms. The number of rotatable bonds is 6. The van der Waals surface area contributed by atoms with Gasteiger partial charge in [0.15, 0.2) is 0 Å². The van der Waals surface area contributed by atoms with Gasteiger partial charge in [0, 0.05) is 12.6 Å². The van der Waals surface area contributed by atoms with Crippen LogP contribution < -0.4 is 10.1 Å². The van der Waals surface area contributed by atoms with E-state index in [0.29, 0.717) is 18.9 Å². The van der Waals surface area contributed by atoms with Gasteiger partial charge in [-0.1, -0.05) is 12.6 Å². The number of non-ortho nitro benzene ring substituents is 1. The SMILES string of the molecule is C=C(CNC)COc1cccc([N+](=O)[O-])c1. The second-order valence-corrected chi connectivity index (χ2v) is 3.32. The van der Waals surface area contributed by atoms with Crippen LogP contribution in [0.1, 0.15) is 0 Å². The largest absolute Gasteiger partial charge is 0.489 e.